The Morgan fingerprint density at radius 1 is 1.18 bits per heavy atom. The highest BCUT2D eigenvalue weighted by Crippen LogP contribution is 2.35. The van der Waals surface area contributed by atoms with Crippen molar-refractivity contribution in [3.05, 3.63) is 0 Å². The van der Waals surface area contributed by atoms with Gasteiger partial charge < -0.3 is 10.2 Å². The van der Waals surface area contributed by atoms with Gasteiger partial charge in [0.1, 0.15) is 0 Å². The number of aliphatic hydroxyl groups excluding tert-OH is 1. The molecule has 0 amide bonds. The third-order valence-electron chi connectivity index (χ3n) is 2.49. The lowest BCUT2D eigenvalue weighted by Crippen LogP contribution is -2.50. The number of hydrogen-bond acceptors (Lipinski definition) is 2. The lowest BCUT2D eigenvalue weighted by atomic mass is 9.70. The van der Waals surface area contributed by atoms with Gasteiger partial charge in [0.25, 0.3) is 0 Å². The summed E-state index contributed by atoms with van der Waals surface area (Å²) in [4.78, 5) is 0. The van der Waals surface area contributed by atoms with E-state index in [1.165, 1.54) is 0 Å². The number of hydrogen-bond donors (Lipinski definition) is 2. The molecule has 0 aromatic carbocycles. The molecule has 68 valence electrons. The molecule has 0 aliphatic heterocycles. The normalized spacial score (nSPS) is 18.5. The second kappa shape index (κ2) is 3.11. The molecule has 0 aromatic heterocycles. The third kappa shape index (κ3) is 1.94. The molecule has 0 bridgehead atoms. The zero-order valence-corrected chi connectivity index (χ0v) is 8.18. The predicted octanol–water partition coefficient (Wildman–Crippen LogP) is 1.41. The quantitative estimate of drug-likeness (QED) is 0.641. The second-order valence-corrected chi connectivity index (χ2v) is 4.49. The Hall–Kier alpha value is -0.0800. The third-order valence-corrected chi connectivity index (χ3v) is 2.49. The van der Waals surface area contributed by atoms with E-state index in [1.54, 1.807) is 0 Å². The lowest BCUT2D eigenvalue weighted by molar-refractivity contribution is -0.126. The van der Waals surface area contributed by atoms with Crippen molar-refractivity contribution in [1.82, 2.24) is 0 Å². The molecule has 0 saturated heterocycles. The minimum atomic E-state index is -0.965. The topological polar surface area (TPSA) is 40.5 Å². The van der Waals surface area contributed by atoms with Crippen LogP contribution in [0.3, 0.4) is 0 Å². The van der Waals surface area contributed by atoms with E-state index in [0.717, 1.165) is 0 Å². The monoisotopic (exact) mass is 160 g/mol. The number of aliphatic hydroxyl groups is 2. The molecular formula is C9H20O2. The molecule has 0 spiro atoms. The Morgan fingerprint density at radius 3 is 1.55 bits per heavy atom. The van der Waals surface area contributed by atoms with Gasteiger partial charge in [-0.25, -0.2) is 0 Å². The van der Waals surface area contributed by atoms with Gasteiger partial charge in [0.2, 0.25) is 0 Å². The van der Waals surface area contributed by atoms with Crippen molar-refractivity contribution >= 4 is 0 Å². The van der Waals surface area contributed by atoms with E-state index in [2.05, 4.69) is 0 Å². The first-order chi connectivity index (χ1) is 4.75. The molecule has 0 aromatic rings. The fraction of sp³-hybridized carbons (Fsp3) is 1.00. The van der Waals surface area contributed by atoms with E-state index < -0.39 is 5.60 Å². The van der Waals surface area contributed by atoms with Crippen molar-refractivity contribution in [3.8, 4) is 0 Å². The van der Waals surface area contributed by atoms with E-state index in [4.69, 9.17) is 5.11 Å². The summed E-state index contributed by atoms with van der Waals surface area (Å²) in [6, 6.07) is 0. The first kappa shape index (κ1) is 10.9. The molecule has 0 unspecified atom stereocenters. The highest BCUT2D eigenvalue weighted by molar-refractivity contribution is 4.92. The fourth-order valence-corrected chi connectivity index (χ4v) is 1.29. The van der Waals surface area contributed by atoms with E-state index in [9.17, 15) is 5.11 Å². The standard InChI is InChI=1S/C9H20O2/c1-7(2)9(11,6-10)8(3,4)5/h7,10-11H,6H2,1-5H3/t9-/m0/s1. The van der Waals surface area contributed by atoms with Crippen LogP contribution < -0.4 is 0 Å². The Labute approximate surface area is 69.2 Å². The maximum absolute atomic E-state index is 9.98. The minimum absolute atomic E-state index is 0.0764. The van der Waals surface area contributed by atoms with Gasteiger partial charge in [-0.2, -0.15) is 0 Å². The Morgan fingerprint density at radius 2 is 1.55 bits per heavy atom. The van der Waals surface area contributed by atoms with E-state index >= 15 is 0 Å². The van der Waals surface area contributed by atoms with Crippen molar-refractivity contribution in [1.29, 1.82) is 0 Å². The van der Waals surface area contributed by atoms with Gasteiger partial charge in [-0.15, -0.1) is 0 Å². The van der Waals surface area contributed by atoms with Crippen LogP contribution in [0.4, 0.5) is 0 Å². The average molecular weight is 160 g/mol. The molecule has 0 fully saturated rings. The molecule has 0 aliphatic carbocycles. The smallest absolute Gasteiger partial charge is 0.0947 e. The summed E-state index contributed by atoms with van der Waals surface area (Å²) in [5.41, 5.74) is -1.23. The van der Waals surface area contributed by atoms with Crippen LogP contribution in [-0.4, -0.2) is 22.4 Å². The van der Waals surface area contributed by atoms with E-state index in [0.29, 0.717) is 0 Å². The van der Waals surface area contributed by atoms with E-state index in [1.807, 2.05) is 34.6 Å². The molecule has 2 nitrogen and oxygen atoms in total. The lowest BCUT2D eigenvalue weighted by Gasteiger charge is -2.42. The Balaban J connectivity index is 4.61. The van der Waals surface area contributed by atoms with Crippen LogP contribution in [0, 0.1) is 11.3 Å². The summed E-state index contributed by atoms with van der Waals surface area (Å²) in [5.74, 6) is 0.0764. The van der Waals surface area contributed by atoms with Crippen molar-refractivity contribution < 1.29 is 10.2 Å². The van der Waals surface area contributed by atoms with Crippen LogP contribution in [0.2, 0.25) is 0 Å². The zero-order valence-electron chi connectivity index (χ0n) is 8.18. The molecule has 1 atom stereocenters. The van der Waals surface area contributed by atoms with Gasteiger partial charge in [0, 0.05) is 0 Å². The fourth-order valence-electron chi connectivity index (χ4n) is 1.29. The summed E-state index contributed by atoms with van der Waals surface area (Å²) in [6.07, 6.45) is 0. The summed E-state index contributed by atoms with van der Waals surface area (Å²) >= 11 is 0. The SMILES string of the molecule is CC(C)[C@@](O)(CO)C(C)(C)C. The van der Waals surface area contributed by atoms with Gasteiger partial charge in [-0.05, 0) is 11.3 Å². The molecule has 0 rings (SSSR count). The van der Waals surface area contributed by atoms with Crippen LogP contribution in [0.15, 0.2) is 0 Å². The highest BCUT2D eigenvalue weighted by Gasteiger charge is 2.41. The van der Waals surface area contributed by atoms with Gasteiger partial charge in [-0.1, -0.05) is 34.6 Å². The van der Waals surface area contributed by atoms with Crippen molar-refractivity contribution in [2.75, 3.05) is 6.61 Å². The number of rotatable bonds is 2. The Bertz CT molecular complexity index is 124. The second-order valence-electron chi connectivity index (χ2n) is 4.49. The average Bonchev–Trinajstić information content (AvgIpc) is 1.83. The van der Waals surface area contributed by atoms with Gasteiger partial charge in [-0.3, -0.25) is 0 Å². The predicted molar refractivity (Wildman–Crippen MR) is 46.3 cm³/mol. The van der Waals surface area contributed by atoms with Crippen LogP contribution in [0.1, 0.15) is 34.6 Å². The van der Waals surface area contributed by atoms with Crippen molar-refractivity contribution in [2.45, 2.75) is 40.2 Å². The molecular weight excluding hydrogens is 140 g/mol. The largest absolute Gasteiger partial charge is 0.393 e. The van der Waals surface area contributed by atoms with Crippen LogP contribution in [0.5, 0.6) is 0 Å². The summed E-state index contributed by atoms with van der Waals surface area (Å²) in [5, 5.41) is 19.0. The van der Waals surface area contributed by atoms with Crippen molar-refractivity contribution in [3.63, 3.8) is 0 Å². The first-order valence-electron chi connectivity index (χ1n) is 4.09. The van der Waals surface area contributed by atoms with Crippen LogP contribution in [-0.2, 0) is 0 Å². The molecule has 0 radical (unpaired) electrons. The van der Waals surface area contributed by atoms with Crippen molar-refractivity contribution in [2.24, 2.45) is 11.3 Å². The molecule has 11 heavy (non-hydrogen) atoms. The maximum Gasteiger partial charge on any atom is 0.0947 e. The molecule has 0 aliphatic rings. The summed E-state index contributed by atoms with van der Waals surface area (Å²) in [6.45, 7) is 9.47. The van der Waals surface area contributed by atoms with Gasteiger partial charge >= 0.3 is 0 Å². The summed E-state index contributed by atoms with van der Waals surface area (Å²) in [7, 11) is 0. The van der Waals surface area contributed by atoms with Gasteiger partial charge in [0.05, 0.1) is 12.2 Å². The summed E-state index contributed by atoms with van der Waals surface area (Å²) < 4.78 is 0. The van der Waals surface area contributed by atoms with Crippen LogP contribution in [0.25, 0.3) is 0 Å². The van der Waals surface area contributed by atoms with Crippen LogP contribution >= 0.6 is 0 Å². The minimum Gasteiger partial charge on any atom is -0.393 e. The first-order valence-corrected chi connectivity index (χ1v) is 4.09. The van der Waals surface area contributed by atoms with Gasteiger partial charge in [0.15, 0.2) is 0 Å². The molecule has 2 N–H and O–H groups in total. The Kier molecular flexibility index (Phi) is 3.09. The molecule has 0 heterocycles. The zero-order chi connectivity index (χ0) is 9.28. The molecule has 2 heteroatoms. The maximum atomic E-state index is 9.98. The highest BCUT2D eigenvalue weighted by atomic mass is 16.3. The van der Waals surface area contributed by atoms with E-state index in [-0.39, 0.29) is 17.9 Å². The molecule has 0 saturated carbocycles.